The first-order valence-electron chi connectivity index (χ1n) is 12.2. The number of benzene rings is 1. The van der Waals surface area contributed by atoms with Crippen molar-refractivity contribution in [3.63, 3.8) is 0 Å². The van der Waals surface area contributed by atoms with E-state index in [1.807, 2.05) is 29.2 Å². The summed E-state index contributed by atoms with van der Waals surface area (Å²) in [6.07, 6.45) is 4.51. The van der Waals surface area contributed by atoms with Crippen LogP contribution in [0.5, 0.6) is 0 Å². The van der Waals surface area contributed by atoms with Crippen LogP contribution in [0.15, 0.2) is 29.3 Å². The van der Waals surface area contributed by atoms with Gasteiger partial charge in [-0.05, 0) is 43.2 Å². The summed E-state index contributed by atoms with van der Waals surface area (Å²) in [5.74, 6) is -0.829. The van der Waals surface area contributed by atoms with Crippen LogP contribution >= 0.6 is 11.6 Å². The number of nitrogens with one attached hydrogen (secondary N) is 1. The predicted molar refractivity (Wildman–Crippen MR) is 139 cm³/mol. The third-order valence-electron chi connectivity index (χ3n) is 6.90. The average molecular weight is 528 g/mol. The van der Waals surface area contributed by atoms with E-state index in [-0.39, 0.29) is 40.3 Å². The van der Waals surface area contributed by atoms with E-state index in [2.05, 4.69) is 15.3 Å². The third kappa shape index (κ3) is 6.53. The van der Waals surface area contributed by atoms with Crippen molar-refractivity contribution in [1.29, 1.82) is 0 Å². The van der Waals surface area contributed by atoms with Gasteiger partial charge in [0.1, 0.15) is 5.84 Å². The minimum Gasteiger partial charge on any atom is -0.481 e. The van der Waals surface area contributed by atoms with Crippen molar-refractivity contribution in [2.24, 2.45) is 4.99 Å². The SMILES string of the molecule is Nc1nc(N)c(C(=O)NC2=NC3(CC2)CCN(C(=O)CCc2ccc(CCC(=O)O)cc2)CC3)nc1Cl. The molecule has 2 amide bonds. The summed E-state index contributed by atoms with van der Waals surface area (Å²) in [7, 11) is 0. The number of hydrogen-bond donors (Lipinski definition) is 4. The second-order valence-corrected chi connectivity index (χ2v) is 9.82. The number of carbonyl (C=O) groups is 3. The smallest absolute Gasteiger partial charge is 0.303 e. The molecule has 196 valence electrons. The third-order valence-corrected chi connectivity index (χ3v) is 7.18. The first kappa shape index (κ1) is 26.3. The minimum atomic E-state index is -0.814. The highest BCUT2D eigenvalue weighted by atomic mass is 35.5. The number of aromatic nitrogens is 2. The van der Waals surface area contributed by atoms with Gasteiger partial charge < -0.3 is 26.8 Å². The maximum absolute atomic E-state index is 12.8. The molecule has 1 fully saturated rings. The monoisotopic (exact) mass is 527 g/mol. The number of carboxylic acids is 1. The van der Waals surface area contributed by atoms with Gasteiger partial charge in [-0.2, -0.15) is 0 Å². The van der Waals surface area contributed by atoms with Gasteiger partial charge in [0.05, 0.1) is 5.54 Å². The molecule has 0 atom stereocenters. The van der Waals surface area contributed by atoms with Crippen LogP contribution in [0.3, 0.4) is 0 Å². The molecule has 0 aliphatic carbocycles. The number of anilines is 2. The molecule has 2 aliphatic rings. The number of halogens is 1. The van der Waals surface area contributed by atoms with Crippen LogP contribution in [0.1, 0.15) is 60.1 Å². The molecule has 37 heavy (non-hydrogen) atoms. The Balaban J connectivity index is 1.26. The molecule has 1 spiro atoms. The number of likely N-dealkylation sites (tertiary alicyclic amines) is 1. The van der Waals surface area contributed by atoms with Gasteiger partial charge in [-0.3, -0.25) is 19.4 Å². The summed E-state index contributed by atoms with van der Waals surface area (Å²) >= 11 is 5.87. The number of nitrogens with two attached hydrogens (primary N) is 2. The van der Waals surface area contributed by atoms with E-state index in [9.17, 15) is 14.4 Å². The van der Waals surface area contributed by atoms with Crippen molar-refractivity contribution in [1.82, 2.24) is 20.2 Å². The number of carboxylic acid groups (broad SMARTS) is 1. The number of aliphatic imine (C=N–C) groups is 1. The standard InChI is InChI=1S/C25H30ClN7O4/c26-21-23(28)31-22(27)20(30-21)24(37)29-17-9-10-25(32-17)11-13-33(14-12-25)18(34)7-5-15-1-3-16(4-2-15)6-8-19(35)36/h1-4H,5-14H2,(H,35,36)(H4,27,28,31)(H,29,32,37). The lowest BCUT2D eigenvalue weighted by atomic mass is 9.86. The first-order chi connectivity index (χ1) is 17.6. The van der Waals surface area contributed by atoms with Gasteiger partial charge in [0.25, 0.3) is 5.91 Å². The number of amidine groups is 1. The Morgan fingerprint density at radius 3 is 2.22 bits per heavy atom. The Morgan fingerprint density at radius 1 is 0.973 bits per heavy atom. The molecule has 6 N–H and O–H groups in total. The van der Waals surface area contributed by atoms with Crippen LogP contribution in [-0.4, -0.2) is 62.2 Å². The molecule has 0 bridgehead atoms. The highest BCUT2D eigenvalue weighted by Gasteiger charge is 2.39. The van der Waals surface area contributed by atoms with E-state index in [1.165, 1.54) is 0 Å². The van der Waals surface area contributed by atoms with Crippen molar-refractivity contribution >= 4 is 46.9 Å². The maximum Gasteiger partial charge on any atom is 0.303 e. The molecule has 1 saturated heterocycles. The fourth-order valence-electron chi connectivity index (χ4n) is 4.71. The molecular weight excluding hydrogens is 498 g/mol. The van der Waals surface area contributed by atoms with E-state index in [1.54, 1.807) is 0 Å². The Bertz CT molecular complexity index is 1220. The molecule has 2 aromatic rings. The summed E-state index contributed by atoms with van der Waals surface area (Å²) in [6.45, 7) is 1.23. The summed E-state index contributed by atoms with van der Waals surface area (Å²) in [4.78, 5) is 50.6. The summed E-state index contributed by atoms with van der Waals surface area (Å²) in [5, 5.41) is 11.5. The van der Waals surface area contributed by atoms with E-state index < -0.39 is 11.9 Å². The van der Waals surface area contributed by atoms with E-state index >= 15 is 0 Å². The van der Waals surface area contributed by atoms with Crippen molar-refractivity contribution < 1.29 is 19.5 Å². The van der Waals surface area contributed by atoms with Crippen molar-refractivity contribution in [3.05, 3.63) is 46.2 Å². The van der Waals surface area contributed by atoms with E-state index in [4.69, 9.17) is 33.2 Å². The van der Waals surface area contributed by atoms with Gasteiger partial charge in [0.15, 0.2) is 22.5 Å². The number of amides is 2. The molecule has 1 aromatic carbocycles. The molecule has 11 nitrogen and oxygen atoms in total. The second kappa shape index (κ2) is 11.1. The zero-order valence-corrected chi connectivity index (χ0v) is 21.1. The predicted octanol–water partition coefficient (Wildman–Crippen LogP) is 2.23. The summed E-state index contributed by atoms with van der Waals surface area (Å²) < 4.78 is 0. The first-order valence-corrected chi connectivity index (χ1v) is 12.6. The largest absolute Gasteiger partial charge is 0.481 e. The van der Waals surface area contributed by atoms with Gasteiger partial charge in [-0.25, -0.2) is 9.97 Å². The molecule has 3 heterocycles. The molecule has 0 radical (unpaired) electrons. The van der Waals surface area contributed by atoms with Crippen LogP contribution < -0.4 is 16.8 Å². The van der Waals surface area contributed by atoms with Crippen LogP contribution in [0, 0.1) is 0 Å². The van der Waals surface area contributed by atoms with Crippen LogP contribution in [0.2, 0.25) is 5.15 Å². The van der Waals surface area contributed by atoms with Gasteiger partial charge >= 0.3 is 5.97 Å². The lowest BCUT2D eigenvalue weighted by Crippen LogP contribution is -2.45. The van der Waals surface area contributed by atoms with Gasteiger partial charge in [-0.15, -0.1) is 0 Å². The number of hydrogen-bond acceptors (Lipinski definition) is 8. The van der Waals surface area contributed by atoms with Gasteiger partial charge in [0, 0.05) is 32.4 Å². The zero-order valence-electron chi connectivity index (χ0n) is 20.4. The van der Waals surface area contributed by atoms with Crippen LogP contribution in [0.25, 0.3) is 0 Å². The van der Waals surface area contributed by atoms with Crippen LogP contribution in [-0.2, 0) is 22.4 Å². The van der Waals surface area contributed by atoms with Crippen molar-refractivity contribution in [3.8, 4) is 0 Å². The summed E-state index contributed by atoms with van der Waals surface area (Å²) in [6, 6.07) is 7.75. The molecule has 4 rings (SSSR count). The zero-order chi connectivity index (χ0) is 26.6. The van der Waals surface area contributed by atoms with Crippen LogP contribution in [0.4, 0.5) is 11.6 Å². The van der Waals surface area contributed by atoms with Crippen molar-refractivity contribution in [2.75, 3.05) is 24.6 Å². The Hall–Kier alpha value is -3.73. The Labute approximate surface area is 219 Å². The number of aliphatic carboxylic acids is 1. The Morgan fingerprint density at radius 2 is 1.59 bits per heavy atom. The molecule has 12 heteroatoms. The fourth-order valence-corrected chi connectivity index (χ4v) is 4.83. The number of rotatable bonds is 7. The number of piperidine rings is 1. The minimum absolute atomic E-state index is 0.0416. The number of aryl methyl sites for hydroxylation is 2. The van der Waals surface area contributed by atoms with Gasteiger partial charge in [-0.1, -0.05) is 35.9 Å². The number of nitrogen functional groups attached to an aromatic ring is 2. The number of carbonyl (C=O) groups excluding carboxylic acids is 2. The van der Waals surface area contributed by atoms with E-state index in [0.29, 0.717) is 44.6 Å². The van der Waals surface area contributed by atoms with Crippen molar-refractivity contribution in [2.45, 2.75) is 56.9 Å². The normalized spacial score (nSPS) is 16.5. The fraction of sp³-hybridized carbons (Fsp3) is 0.440. The average Bonchev–Trinajstić information content (AvgIpc) is 3.25. The quantitative estimate of drug-likeness (QED) is 0.423. The maximum atomic E-state index is 12.8. The molecule has 0 saturated carbocycles. The molecular formula is C25H30ClN7O4. The lowest BCUT2D eigenvalue weighted by molar-refractivity contribution is -0.137. The topological polar surface area (TPSA) is 177 Å². The second-order valence-electron chi connectivity index (χ2n) is 9.46. The lowest BCUT2D eigenvalue weighted by Gasteiger charge is -2.37. The van der Waals surface area contributed by atoms with Gasteiger partial charge in [0.2, 0.25) is 5.91 Å². The number of nitrogens with zero attached hydrogens (tertiary/aromatic N) is 4. The molecule has 1 aromatic heterocycles. The summed E-state index contributed by atoms with van der Waals surface area (Å²) in [5.41, 5.74) is 13.0. The molecule has 2 aliphatic heterocycles. The molecule has 0 unspecified atom stereocenters. The Kier molecular flexibility index (Phi) is 7.91. The highest BCUT2D eigenvalue weighted by Crippen LogP contribution is 2.36. The van der Waals surface area contributed by atoms with E-state index in [0.717, 1.165) is 30.4 Å². The highest BCUT2D eigenvalue weighted by molar-refractivity contribution is 6.31.